The van der Waals surface area contributed by atoms with E-state index in [-0.39, 0.29) is 17.2 Å². The number of nitrogens with zero attached hydrogens (tertiary/aromatic N) is 2. The molecule has 0 bridgehead atoms. The fraction of sp³-hybridized carbons (Fsp3) is 0.261. The maximum Gasteiger partial charge on any atom is 0.278 e. The molecule has 4 rings (SSSR count). The number of hydrogen-bond donors (Lipinski definition) is 2. The van der Waals surface area contributed by atoms with E-state index in [1.807, 2.05) is 42.6 Å². The largest absolute Gasteiger partial charge is 0.467 e. The van der Waals surface area contributed by atoms with Gasteiger partial charge in [-0.2, -0.15) is 0 Å². The van der Waals surface area contributed by atoms with Crippen LogP contribution in [0.1, 0.15) is 25.5 Å². The summed E-state index contributed by atoms with van der Waals surface area (Å²) in [7, 11) is 0. The summed E-state index contributed by atoms with van der Waals surface area (Å²) in [6, 6.07) is 13.4. The van der Waals surface area contributed by atoms with Gasteiger partial charge in [0, 0.05) is 18.3 Å². The summed E-state index contributed by atoms with van der Waals surface area (Å²) in [6.45, 7) is 2.97. The molecule has 0 aliphatic heterocycles. The molecule has 0 saturated carbocycles. The Bertz CT molecular complexity index is 1210. The normalized spacial score (nSPS) is 11.1. The van der Waals surface area contributed by atoms with Gasteiger partial charge in [-0.25, -0.2) is 4.98 Å². The number of H-pyrrole nitrogens is 1. The topological polar surface area (TPSA) is 92.9 Å². The number of hydrogen-bond acceptors (Lipinski definition) is 5. The van der Waals surface area contributed by atoms with Crippen LogP contribution in [0.2, 0.25) is 0 Å². The van der Waals surface area contributed by atoms with Crippen LogP contribution in [-0.4, -0.2) is 26.2 Å². The minimum absolute atomic E-state index is 0.112. The number of aromatic amines is 1. The number of amides is 1. The number of carbonyl (C=O) groups is 1. The van der Waals surface area contributed by atoms with Crippen molar-refractivity contribution in [2.45, 2.75) is 38.0 Å². The van der Waals surface area contributed by atoms with Crippen molar-refractivity contribution in [3.05, 3.63) is 71.0 Å². The lowest BCUT2D eigenvalue weighted by atomic mass is 10.1. The molecule has 1 aromatic carbocycles. The Labute approximate surface area is 183 Å². The molecule has 8 heteroatoms. The van der Waals surface area contributed by atoms with E-state index in [0.717, 1.165) is 24.0 Å². The molecule has 31 heavy (non-hydrogen) atoms. The molecule has 4 aromatic rings. The van der Waals surface area contributed by atoms with E-state index in [2.05, 4.69) is 17.2 Å². The average Bonchev–Trinajstić information content (AvgIpc) is 3.46. The highest BCUT2D eigenvalue weighted by Gasteiger charge is 2.17. The lowest BCUT2D eigenvalue weighted by Crippen LogP contribution is -2.26. The minimum Gasteiger partial charge on any atom is -0.467 e. The number of aromatic nitrogens is 3. The van der Waals surface area contributed by atoms with Gasteiger partial charge in [0.25, 0.3) is 5.56 Å². The first kappa shape index (κ1) is 21.0. The van der Waals surface area contributed by atoms with Gasteiger partial charge in [0.05, 0.1) is 18.6 Å². The number of fused-ring (bicyclic) bond motifs is 1. The van der Waals surface area contributed by atoms with E-state index in [9.17, 15) is 9.59 Å². The molecule has 0 spiro atoms. The first-order valence-corrected chi connectivity index (χ1v) is 11.2. The number of benzene rings is 1. The van der Waals surface area contributed by atoms with Gasteiger partial charge in [-0.3, -0.25) is 14.2 Å². The van der Waals surface area contributed by atoms with E-state index in [0.29, 0.717) is 35.0 Å². The van der Waals surface area contributed by atoms with Crippen molar-refractivity contribution in [1.29, 1.82) is 0 Å². The molecule has 1 amide bonds. The van der Waals surface area contributed by atoms with Crippen molar-refractivity contribution in [1.82, 2.24) is 19.9 Å². The van der Waals surface area contributed by atoms with Crippen LogP contribution in [0.5, 0.6) is 0 Å². The standard InChI is InChI=1S/C23H24N4O3S/c1-2-3-11-27-22(29)21-20(18(14-25-21)16-8-5-4-6-9-16)26-23(27)31-15-19(28)24-13-17-10-7-12-30-17/h4-10,12,14,25H,2-3,11,13,15H2,1H3,(H,24,28). The first-order valence-electron chi connectivity index (χ1n) is 10.3. The summed E-state index contributed by atoms with van der Waals surface area (Å²) in [5.41, 5.74) is 2.86. The van der Waals surface area contributed by atoms with Gasteiger partial charge >= 0.3 is 0 Å². The molecule has 3 heterocycles. The molecule has 2 N–H and O–H groups in total. The smallest absolute Gasteiger partial charge is 0.278 e. The Morgan fingerprint density at radius 3 is 2.81 bits per heavy atom. The van der Waals surface area contributed by atoms with E-state index in [4.69, 9.17) is 9.40 Å². The number of thioether (sulfide) groups is 1. The fourth-order valence-corrected chi connectivity index (χ4v) is 4.16. The SMILES string of the molecule is CCCCn1c(SCC(=O)NCc2ccco2)nc2c(-c3ccccc3)c[nH]c2c1=O. The Kier molecular flexibility index (Phi) is 6.57. The summed E-state index contributed by atoms with van der Waals surface area (Å²) in [5.74, 6) is 0.711. The zero-order valence-corrected chi connectivity index (χ0v) is 18.1. The maximum absolute atomic E-state index is 13.2. The molecular formula is C23H24N4O3S. The van der Waals surface area contributed by atoms with Crippen LogP contribution in [0.15, 0.2) is 69.3 Å². The Morgan fingerprint density at radius 2 is 2.06 bits per heavy atom. The van der Waals surface area contributed by atoms with Crippen molar-refractivity contribution in [3.8, 4) is 11.1 Å². The summed E-state index contributed by atoms with van der Waals surface area (Å²) >= 11 is 1.27. The summed E-state index contributed by atoms with van der Waals surface area (Å²) in [4.78, 5) is 33.4. The molecule has 0 unspecified atom stereocenters. The molecule has 0 aliphatic carbocycles. The Morgan fingerprint density at radius 1 is 1.23 bits per heavy atom. The molecule has 0 radical (unpaired) electrons. The number of rotatable bonds is 9. The van der Waals surface area contributed by atoms with E-state index >= 15 is 0 Å². The summed E-state index contributed by atoms with van der Waals surface area (Å²) < 4.78 is 6.91. The zero-order valence-electron chi connectivity index (χ0n) is 17.3. The van der Waals surface area contributed by atoms with Gasteiger partial charge < -0.3 is 14.7 Å². The molecule has 0 aliphatic rings. The van der Waals surface area contributed by atoms with Gasteiger partial charge in [-0.05, 0) is 24.1 Å². The number of unbranched alkanes of at least 4 members (excludes halogenated alkanes) is 1. The van der Waals surface area contributed by atoms with Crippen molar-refractivity contribution in [2.75, 3.05) is 5.75 Å². The van der Waals surface area contributed by atoms with Gasteiger partial charge in [-0.1, -0.05) is 55.4 Å². The third-order valence-corrected chi connectivity index (χ3v) is 5.92. The van der Waals surface area contributed by atoms with Crippen LogP contribution in [0, 0.1) is 0 Å². The molecular weight excluding hydrogens is 412 g/mol. The summed E-state index contributed by atoms with van der Waals surface area (Å²) in [6.07, 6.45) is 5.21. The van der Waals surface area contributed by atoms with Crippen LogP contribution in [0.4, 0.5) is 0 Å². The monoisotopic (exact) mass is 436 g/mol. The third kappa shape index (κ3) is 4.74. The average molecular weight is 437 g/mol. The highest BCUT2D eigenvalue weighted by Crippen LogP contribution is 2.27. The second-order valence-corrected chi connectivity index (χ2v) is 8.08. The highest BCUT2D eigenvalue weighted by molar-refractivity contribution is 7.99. The second-order valence-electron chi connectivity index (χ2n) is 7.14. The van der Waals surface area contributed by atoms with E-state index < -0.39 is 0 Å². The van der Waals surface area contributed by atoms with Crippen LogP contribution < -0.4 is 10.9 Å². The molecule has 0 atom stereocenters. The van der Waals surface area contributed by atoms with Crippen molar-refractivity contribution in [3.63, 3.8) is 0 Å². The van der Waals surface area contributed by atoms with Gasteiger partial charge in [0.15, 0.2) is 5.16 Å². The van der Waals surface area contributed by atoms with E-state index in [1.165, 1.54) is 11.8 Å². The lowest BCUT2D eigenvalue weighted by molar-refractivity contribution is -0.118. The lowest BCUT2D eigenvalue weighted by Gasteiger charge is -2.12. The minimum atomic E-state index is -0.143. The second kappa shape index (κ2) is 9.70. The van der Waals surface area contributed by atoms with Crippen LogP contribution in [-0.2, 0) is 17.9 Å². The highest BCUT2D eigenvalue weighted by atomic mass is 32.2. The zero-order chi connectivity index (χ0) is 21.6. The quantitative estimate of drug-likeness (QED) is 0.303. The van der Waals surface area contributed by atoms with Crippen molar-refractivity contribution >= 4 is 28.7 Å². The maximum atomic E-state index is 13.2. The van der Waals surface area contributed by atoms with E-state index in [1.54, 1.807) is 16.9 Å². The van der Waals surface area contributed by atoms with Gasteiger partial charge in [-0.15, -0.1) is 0 Å². The number of furan rings is 1. The molecule has 3 aromatic heterocycles. The number of nitrogens with one attached hydrogen (secondary N) is 2. The van der Waals surface area contributed by atoms with Crippen LogP contribution >= 0.6 is 11.8 Å². The Hall–Kier alpha value is -3.26. The predicted molar refractivity (Wildman–Crippen MR) is 122 cm³/mol. The van der Waals surface area contributed by atoms with Crippen LogP contribution in [0.25, 0.3) is 22.2 Å². The molecule has 160 valence electrons. The van der Waals surface area contributed by atoms with Crippen LogP contribution in [0.3, 0.4) is 0 Å². The predicted octanol–water partition coefficient (Wildman–Crippen LogP) is 4.19. The molecule has 0 fully saturated rings. The first-order chi connectivity index (χ1) is 15.2. The molecule has 7 nitrogen and oxygen atoms in total. The summed E-state index contributed by atoms with van der Waals surface area (Å²) in [5, 5.41) is 3.38. The molecule has 0 saturated heterocycles. The van der Waals surface area contributed by atoms with Gasteiger partial charge in [0.1, 0.15) is 16.8 Å². The van der Waals surface area contributed by atoms with Crippen molar-refractivity contribution in [2.24, 2.45) is 0 Å². The Balaban J connectivity index is 1.61. The fourth-order valence-electron chi connectivity index (χ4n) is 3.31. The van der Waals surface area contributed by atoms with Gasteiger partial charge in [0.2, 0.25) is 5.91 Å². The number of carbonyl (C=O) groups excluding carboxylic acids is 1. The third-order valence-electron chi connectivity index (χ3n) is 4.94. The van der Waals surface area contributed by atoms with Crippen molar-refractivity contribution < 1.29 is 9.21 Å².